The number of amides is 1. The van der Waals surface area contributed by atoms with Crippen LogP contribution in [0.25, 0.3) is 0 Å². The molecule has 2 unspecified atom stereocenters. The summed E-state index contributed by atoms with van der Waals surface area (Å²) in [6, 6.07) is 0.0110. The second-order valence-corrected chi connectivity index (χ2v) is 5.73. The third-order valence-corrected chi connectivity index (χ3v) is 3.77. The lowest BCUT2D eigenvalue weighted by Crippen LogP contribution is -2.39. The highest BCUT2D eigenvalue weighted by atomic mass is 16.5. The number of ether oxygens (including phenoxy) is 1. The molecule has 0 saturated heterocycles. The summed E-state index contributed by atoms with van der Waals surface area (Å²) in [5.41, 5.74) is 5.95. The van der Waals surface area contributed by atoms with Crippen LogP contribution in [0.15, 0.2) is 0 Å². The van der Waals surface area contributed by atoms with Crippen molar-refractivity contribution in [2.24, 2.45) is 17.1 Å². The molecular weight excluding hydrogens is 216 g/mol. The maximum Gasteiger partial charge on any atom is 0.223 e. The van der Waals surface area contributed by atoms with Gasteiger partial charge in [-0.3, -0.25) is 4.79 Å². The van der Waals surface area contributed by atoms with Crippen molar-refractivity contribution in [3.63, 3.8) is 0 Å². The van der Waals surface area contributed by atoms with Gasteiger partial charge in [0.1, 0.15) is 0 Å². The topological polar surface area (TPSA) is 64.3 Å². The van der Waals surface area contributed by atoms with E-state index in [1.54, 1.807) is 7.11 Å². The maximum atomic E-state index is 12.0. The van der Waals surface area contributed by atoms with Crippen molar-refractivity contribution in [1.82, 2.24) is 5.32 Å². The number of carbonyl (C=O) groups is 1. The van der Waals surface area contributed by atoms with Crippen molar-refractivity contribution in [2.75, 3.05) is 20.3 Å². The van der Waals surface area contributed by atoms with Crippen LogP contribution in [-0.2, 0) is 9.53 Å². The summed E-state index contributed by atoms with van der Waals surface area (Å²) in [5, 5.41) is 3.00. The Bertz CT molecular complexity index is 254. The van der Waals surface area contributed by atoms with E-state index in [9.17, 15) is 4.79 Å². The number of hydrogen-bond acceptors (Lipinski definition) is 3. The maximum absolute atomic E-state index is 12.0. The van der Waals surface area contributed by atoms with Gasteiger partial charge in [0.25, 0.3) is 0 Å². The lowest BCUT2D eigenvalue weighted by Gasteiger charge is -2.26. The Labute approximate surface area is 104 Å². The fourth-order valence-electron chi connectivity index (χ4n) is 2.61. The summed E-state index contributed by atoms with van der Waals surface area (Å²) < 4.78 is 4.96. The summed E-state index contributed by atoms with van der Waals surface area (Å²) in [7, 11) is 1.64. The Balaban J connectivity index is 2.26. The number of nitrogens with one attached hydrogen (secondary N) is 1. The van der Waals surface area contributed by atoms with Gasteiger partial charge in [0.2, 0.25) is 5.91 Å². The van der Waals surface area contributed by atoms with Gasteiger partial charge in [-0.2, -0.15) is 0 Å². The molecule has 1 saturated carbocycles. The Morgan fingerprint density at radius 1 is 1.59 bits per heavy atom. The molecule has 1 rings (SSSR count). The van der Waals surface area contributed by atoms with Crippen LogP contribution in [0.5, 0.6) is 0 Å². The molecule has 1 aliphatic carbocycles. The van der Waals surface area contributed by atoms with Gasteiger partial charge in [-0.25, -0.2) is 0 Å². The predicted octanol–water partition coefficient (Wildman–Crippen LogP) is 1.29. The van der Waals surface area contributed by atoms with E-state index in [2.05, 4.69) is 19.2 Å². The van der Waals surface area contributed by atoms with Gasteiger partial charge in [-0.05, 0) is 24.7 Å². The van der Waals surface area contributed by atoms with Crippen molar-refractivity contribution in [3.8, 4) is 0 Å². The molecule has 0 aromatic rings. The van der Waals surface area contributed by atoms with E-state index in [-0.39, 0.29) is 23.3 Å². The summed E-state index contributed by atoms with van der Waals surface area (Å²) in [6.45, 7) is 5.56. The highest BCUT2D eigenvalue weighted by molar-refractivity contribution is 5.79. The lowest BCUT2D eigenvalue weighted by atomic mass is 9.81. The molecule has 1 fully saturated rings. The molecule has 4 heteroatoms. The monoisotopic (exact) mass is 242 g/mol. The minimum atomic E-state index is 0.0110. The molecule has 0 heterocycles. The van der Waals surface area contributed by atoms with Gasteiger partial charge in [-0.15, -0.1) is 0 Å². The zero-order valence-corrected chi connectivity index (χ0v) is 11.3. The highest BCUT2D eigenvalue weighted by Crippen LogP contribution is 2.42. The normalized spacial score (nSPS) is 24.6. The van der Waals surface area contributed by atoms with Crippen LogP contribution in [0.2, 0.25) is 0 Å². The SMILES string of the molecule is COCC(N)CCNC(=O)C1CCCC1(C)C. The number of hydrogen-bond donors (Lipinski definition) is 2. The second-order valence-electron chi connectivity index (χ2n) is 5.73. The van der Waals surface area contributed by atoms with E-state index in [0.717, 1.165) is 25.7 Å². The van der Waals surface area contributed by atoms with Crippen LogP contribution in [0.1, 0.15) is 39.5 Å². The summed E-state index contributed by atoms with van der Waals surface area (Å²) in [4.78, 5) is 12.0. The Kier molecular flexibility index (Phi) is 5.40. The standard InChI is InChI=1S/C13H26N2O2/c1-13(2)7-4-5-11(13)12(16)15-8-6-10(14)9-17-3/h10-11H,4-9,14H2,1-3H3,(H,15,16). The molecule has 0 aliphatic heterocycles. The van der Waals surface area contributed by atoms with Crippen molar-refractivity contribution in [1.29, 1.82) is 0 Å². The van der Waals surface area contributed by atoms with E-state index >= 15 is 0 Å². The Morgan fingerprint density at radius 3 is 2.82 bits per heavy atom. The second kappa shape index (κ2) is 6.36. The zero-order chi connectivity index (χ0) is 12.9. The minimum Gasteiger partial charge on any atom is -0.383 e. The fourth-order valence-corrected chi connectivity index (χ4v) is 2.61. The zero-order valence-electron chi connectivity index (χ0n) is 11.3. The van der Waals surface area contributed by atoms with Crippen LogP contribution in [0, 0.1) is 11.3 Å². The highest BCUT2D eigenvalue weighted by Gasteiger charge is 2.38. The number of methoxy groups -OCH3 is 1. The molecular formula is C13H26N2O2. The largest absolute Gasteiger partial charge is 0.383 e. The first-order chi connectivity index (χ1) is 7.97. The van der Waals surface area contributed by atoms with E-state index in [4.69, 9.17) is 10.5 Å². The Morgan fingerprint density at radius 2 is 2.29 bits per heavy atom. The molecule has 0 aromatic heterocycles. The lowest BCUT2D eigenvalue weighted by molar-refractivity contribution is -0.127. The van der Waals surface area contributed by atoms with E-state index in [0.29, 0.717) is 13.2 Å². The molecule has 0 spiro atoms. The third kappa shape index (κ3) is 4.28. The van der Waals surface area contributed by atoms with Gasteiger partial charge in [0.15, 0.2) is 0 Å². The first-order valence-electron chi connectivity index (χ1n) is 6.49. The van der Waals surface area contributed by atoms with Crippen LogP contribution >= 0.6 is 0 Å². The number of rotatable bonds is 6. The molecule has 3 N–H and O–H groups in total. The molecule has 0 bridgehead atoms. The molecule has 100 valence electrons. The molecule has 0 aromatic carbocycles. The Hall–Kier alpha value is -0.610. The molecule has 1 aliphatic rings. The average Bonchev–Trinajstić information content (AvgIpc) is 2.58. The molecule has 2 atom stereocenters. The summed E-state index contributed by atoms with van der Waals surface area (Å²) in [5.74, 6) is 0.360. The van der Waals surface area contributed by atoms with Crippen LogP contribution < -0.4 is 11.1 Å². The van der Waals surface area contributed by atoms with Crippen molar-refractivity contribution >= 4 is 5.91 Å². The van der Waals surface area contributed by atoms with E-state index < -0.39 is 0 Å². The first kappa shape index (κ1) is 14.5. The third-order valence-electron chi connectivity index (χ3n) is 3.77. The molecule has 1 amide bonds. The number of nitrogens with two attached hydrogens (primary N) is 1. The van der Waals surface area contributed by atoms with Gasteiger partial charge in [-0.1, -0.05) is 20.3 Å². The molecule has 17 heavy (non-hydrogen) atoms. The van der Waals surface area contributed by atoms with Crippen molar-refractivity contribution < 1.29 is 9.53 Å². The van der Waals surface area contributed by atoms with Gasteiger partial charge < -0.3 is 15.8 Å². The van der Waals surface area contributed by atoms with Crippen molar-refractivity contribution in [3.05, 3.63) is 0 Å². The minimum absolute atomic E-state index is 0.0110. The average molecular weight is 242 g/mol. The van der Waals surface area contributed by atoms with Crippen LogP contribution in [-0.4, -0.2) is 32.2 Å². The predicted molar refractivity (Wildman–Crippen MR) is 68.6 cm³/mol. The fraction of sp³-hybridized carbons (Fsp3) is 0.923. The molecule has 4 nitrogen and oxygen atoms in total. The first-order valence-corrected chi connectivity index (χ1v) is 6.49. The van der Waals surface area contributed by atoms with Gasteiger partial charge in [0, 0.05) is 25.6 Å². The van der Waals surface area contributed by atoms with E-state index in [1.165, 1.54) is 0 Å². The van der Waals surface area contributed by atoms with E-state index in [1.807, 2.05) is 0 Å². The smallest absolute Gasteiger partial charge is 0.223 e. The van der Waals surface area contributed by atoms with Crippen LogP contribution in [0.3, 0.4) is 0 Å². The van der Waals surface area contributed by atoms with Gasteiger partial charge >= 0.3 is 0 Å². The summed E-state index contributed by atoms with van der Waals surface area (Å²) >= 11 is 0. The summed E-state index contributed by atoms with van der Waals surface area (Å²) in [6.07, 6.45) is 4.10. The van der Waals surface area contributed by atoms with Gasteiger partial charge in [0.05, 0.1) is 6.61 Å². The molecule has 0 radical (unpaired) electrons. The van der Waals surface area contributed by atoms with Crippen LogP contribution in [0.4, 0.5) is 0 Å². The van der Waals surface area contributed by atoms with Crippen molar-refractivity contribution in [2.45, 2.75) is 45.6 Å². The quantitative estimate of drug-likeness (QED) is 0.737. The number of carbonyl (C=O) groups excluding carboxylic acids is 1.